The van der Waals surface area contributed by atoms with Crippen molar-refractivity contribution in [3.8, 4) is 0 Å². The quantitative estimate of drug-likeness (QED) is 0.319. The van der Waals surface area contributed by atoms with Crippen LogP contribution >= 0.6 is 24.0 Å². The van der Waals surface area contributed by atoms with Gasteiger partial charge in [-0.25, -0.2) is 0 Å². The van der Waals surface area contributed by atoms with Crippen LogP contribution in [0.2, 0.25) is 0 Å². The smallest absolute Gasteiger partial charge is 0.191 e. The van der Waals surface area contributed by atoms with Gasteiger partial charge in [0.05, 0.1) is 6.10 Å². The maximum Gasteiger partial charge on any atom is 0.191 e. The zero-order valence-corrected chi connectivity index (χ0v) is 15.7. The molecule has 0 aromatic heterocycles. The highest BCUT2D eigenvalue weighted by Crippen LogP contribution is 2.53. The highest BCUT2D eigenvalue weighted by Gasteiger charge is 2.55. The second-order valence-corrected chi connectivity index (χ2v) is 5.91. The maximum absolute atomic E-state index is 5.98. The molecule has 4 nitrogen and oxygen atoms in total. The molecule has 2 rings (SSSR count). The Kier molecular flexibility index (Phi) is 8.02. The van der Waals surface area contributed by atoms with Gasteiger partial charge in [-0.3, -0.25) is 4.99 Å². The molecule has 0 amide bonds. The zero-order chi connectivity index (χ0) is 14.4. The minimum atomic E-state index is 0. The molecule has 2 fully saturated rings. The number of nitrogens with zero attached hydrogens (tertiary/aromatic N) is 1. The van der Waals surface area contributed by atoms with Gasteiger partial charge in [-0.15, -0.1) is 30.6 Å². The van der Waals surface area contributed by atoms with E-state index >= 15 is 0 Å². The van der Waals surface area contributed by atoms with Crippen LogP contribution in [0.15, 0.2) is 17.6 Å². The van der Waals surface area contributed by atoms with E-state index in [9.17, 15) is 0 Å². The van der Waals surface area contributed by atoms with Crippen LogP contribution in [0, 0.1) is 5.41 Å². The molecule has 0 aliphatic heterocycles. The van der Waals surface area contributed by atoms with Crippen LogP contribution in [0.4, 0.5) is 0 Å². The molecule has 2 saturated carbocycles. The maximum atomic E-state index is 5.98. The average molecular weight is 407 g/mol. The topological polar surface area (TPSA) is 45.7 Å². The molecule has 2 aliphatic carbocycles. The van der Waals surface area contributed by atoms with E-state index in [0.29, 0.717) is 17.6 Å². The van der Waals surface area contributed by atoms with Crippen molar-refractivity contribution in [2.75, 3.05) is 20.2 Å². The third kappa shape index (κ3) is 4.12. The number of hydrogen-bond donors (Lipinski definition) is 2. The van der Waals surface area contributed by atoms with E-state index in [0.717, 1.165) is 25.5 Å². The van der Waals surface area contributed by atoms with Gasteiger partial charge in [0, 0.05) is 31.7 Å². The molecule has 21 heavy (non-hydrogen) atoms. The lowest BCUT2D eigenvalue weighted by Crippen LogP contribution is -2.66. The molecule has 2 N–H and O–H groups in total. The molecular weight excluding hydrogens is 377 g/mol. The lowest BCUT2D eigenvalue weighted by atomic mass is 9.55. The normalized spacial score (nSPS) is 27.4. The number of ether oxygens (including phenoxy) is 1. The summed E-state index contributed by atoms with van der Waals surface area (Å²) in [6, 6.07) is 0.496. The minimum Gasteiger partial charge on any atom is -0.378 e. The van der Waals surface area contributed by atoms with Gasteiger partial charge in [-0.1, -0.05) is 25.3 Å². The summed E-state index contributed by atoms with van der Waals surface area (Å²) in [6.45, 7) is 7.40. The predicted octanol–water partition coefficient (Wildman–Crippen LogP) is 3.08. The van der Waals surface area contributed by atoms with Crippen molar-refractivity contribution in [1.82, 2.24) is 10.6 Å². The first-order valence-electron chi connectivity index (χ1n) is 7.96. The SMILES string of the molecule is C=CCNC(=NC)NC1CC(OCC)C12CCCCC2.I. The first-order chi connectivity index (χ1) is 9.76. The third-order valence-electron chi connectivity index (χ3n) is 4.89. The Balaban J connectivity index is 0.00000220. The Bertz CT molecular complexity index is 353. The van der Waals surface area contributed by atoms with E-state index in [-0.39, 0.29) is 24.0 Å². The van der Waals surface area contributed by atoms with Crippen molar-refractivity contribution < 1.29 is 4.74 Å². The van der Waals surface area contributed by atoms with Gasteiger partial charge in [-0.2, -0.15) is 0 Å². The number of guanidine groups is 1. The molecule has 2 atom stereocenters. The fraction of sp³-hybridized carbons (Fsp3) is 0.812. The minimum absolute atomic E-state index is 0. The third-order valence-corrected chi connectivity index (χ3v) is 4.89. The zero-order valence-electron chi connectivity index (χ0n) is 13.4. The largest absolute Gasteiger partial charge is 0.378 e. The second-order valence-electron chi connectivity index (χ2n) is 5.91. The number of rotatable bonds is 5. The fourth-order valence-electron chi connectivity index (χ4n) is 3.79. The van der Waals surface area contributed by atoms with Crippen LogP contribution in [-0.2, 0) is 4.74 Å². The van der Waals surface area contributed by atoms with E-state index in [1.165, 1.54) is 32.1 Å². The van der Waals surface area contributed by atoms with E-state index in [4.69, 9.17) is 4.74 Å². The molecule has 2 unspecified atom stereocenters. The first-order valence-corrected chi connectivity index (χ1v) is 7.96. The number of halogens is 1. The van der Waals surface area contributed by atoms with Gasteiger partial charge in [-0.05, 0) is 26.2 Å². The summed E-state index contributed by atoms with van der Waals surface area (Å²) in [5.74, 6) is 0.884. The Hall–Kier alpha value is -0.300. The lowest BCUT2D eigenvalue weighted by Gasteiger charge is -2.57. The Morgan fingerprint density at radius 3 is 2.67 bits per heavy atom. The number of hydrogen-bond acceptors (Lipinski definition) is 2. The van der Waals surface area contributed by atoms with E-state index < -0.39 is 0 Å². The van der Waals surface area contributed by atoms with Crippen molar-refractivity contribution in [3.63, 3.8) is 0 Å². The summed E-state index contributed by atoms with van der Waals surface area (Å²) >= 11 is 0. The summed E-state index contributed by atoms with van der Waals surface area (Å²) in [7, 11) is 1.82. The standard InChI is InChI=1S/C16H29N3O.HI/c1-4-11-18-15(17-3)19-13-12-14(20-5-2)16(13)9-7-6-8-10-16;/h4,13-14H,1,5-12H2,2-3H3,(H2,17,18,19);1H. The van der Waals surface area contributed by atoms with Gasteiger partial charge >= 0.3 is 0 Å². The molecule has 0 bridgehead atoms. The average Bonchev–Trinajstić information content (AvgIpc) is 2.50. The molecule has 1 spiro atoms. The molecule has 0 aromatic rings. The Morgan fingerprint density at radius 2 is 2.10 bits per heavy atom. The van der Waals surface area contributed by atoms with Crippen molar-refractivity contribution in [1.29, 1.82) is 0 Å². The highest BCUT2D eigenvalue weighted by molar-refractivity contribution is 14.0. The van der Waals surface area contributed by atoms with Gasteiger partial charge < -0.3 is 15.4 Å². The molecular formula is C16H30IN3O. The van der Waals surface area contributed by atoms with Crippen molar-refractivity contribution in [2.24, 2.45) is 10.4 Å². The molecule has 122 valence electrons. The summed E-state index contributed by atoms with van der Waals surface area (Å²) in [6.07, 6.45) is 10.00. The second kappa shape index (κ2) is 8.98. The van der Waals surface area contributed by atoms with Crippen LogP contribution < -0.4 is 10.6 Å². The van der Waals surface area contributed by atoms with E-state index in [1.54, 1.807) is 0 Å². The fourth-order valence-corrected chi connectivity index (χ4v) is 3.79. The molecule has 5 heteroatoms. The highest BCUT2D eigenvalue weighted by atomic mass is 127. The van der Waals surface area contributed by atoms with Crippen molar-refractivity contribution in [2.45, 2.75) is 57.6 Å². The van der Waals surface area contributed by atoms with E-state index in [1.807, 2.05) is 13.1 Å². The van der Waals surface area contributed by atoms with Crippen molar-refractivity contribution in [3.05, 3.63) is 12.7 Å². The number of nitrogens with one attached hydrogen (secondary N) is 2. The summed E-state index contributed by atoms with van der Waals surface area (Å²) in [5.41, 5.74) is 0.333. The Labute approximate surface area is 146 Å². The monoisotopic (exact) mass is 407 g/mol. The van der Waals surface area contributed by atoms with Crippen LogP contribution in [0.25, 0.3) is 0 Å². The van der Waals surface area contributed by atoms with Crippen LogP contribution in [0.5, 0.6) is 0 Å². The van der Waals surface area contributed by atoms with Crippen LogP contribution in [-0.4, -0.2) is 38.3 Å². The Morgan fingerprint density at radius 1 is 1.38 bits per heavy atom. The van der Waals surface area contributed by atoms with Gasteiger partial charge in [0.1, 0.15) is 0 Å². The molecule has 0 saturated heterocycles. The summed E-state index contributed by atoms with van der Waals surface area (Å²) in [4.78, 5) is 4.30. The van der Waals surface area contributed by atoms with Crippen molar-refractivity contribution >= 4 is 29.9 Å². The molecule has 2 aliphatic rings. The molecule has 0 heterocycles. The molecule has 0 radical (unpaired) electrons. The van der Waals surface area contributed by atoms with Gasteiger partial charge in [0.2, 0.25) is 0 Å². The first kappa shape index (κ1) is 18.7. The van der Waals surface area contributed by atoms with Crippen LogP contribution in [0.3, 0.4) is 0 Å². The summed E-state index contributed by atoms with van der Waals surface area (Å²) in [5, 5.41) is 6.87. The summed E-state index contributed by atoms with van der Waals surface area (Å²) < 4.78 is 5.98. The van der Waals surface area contributed by atoms with Gasteiger partial charge in [0.15, 0.2) is 5.96 Å². The predicted molar refractivity (Wildman–Crippen MR) is 99.4 cm³/mol. The van der Waals surface area contributed by atoms with Gasteiger partial charge in [0.25, 0.3) is 0 Å². The van der Waals surface area contributed by atoms with Crippen LogP contribution in [0.1, 0.15) is 45.4 Å². The molecule has 0 aromatic carbocycles. The van der Waals surface area contributed by atoms with E-state index in [2.05, 4.69) is 29.1 Å². The number of aliphatic imine (C=N–C) groups is 1. The lowest BCUT2D eigenvalue weighted by molar-refractivity contribution is -0.145.